The van der Waals surface area contributed by atoms with Gasteiger partial charge in [0.05, 0.1) is 11.5 Å². The van der Waals surface area contributed by atoms with Crippen LogP contribution in [-0.2, 0) is 11.8 Å². The Hall–Kier alpha value is -2.31. The van der Waals surface area contributed by atoms with Gasteiger partial charge in [0.1, 0.15) is 0 Å². The second kappa shape index (κ2) is 7.07. The molecule has 0 spiro atoms. The molecule has 1 N–H and O–H groups in total. The van der Waals surface area contributed by atoms with Crippen LogP contribution in [0.1, 0.15) is 31.4 Å². The zero-order valence-electron chi connectivity index (χ0n) is 14.5. The predicted octanol–water partition coefficient (Wildman–Crippen LogP) is 4.16. The maximum atomic E-state index is 10.2. The van der Waals surface area contributed by atoms with Crippen LogP contribution in [0.5, 0.6) is 0 Å². The lowest BCUT2D eigenvalue weighted by Gasteiger charge is -2.29. The maximum absolute atomic E-state index is 10.2. The number of rotatable bonds is 5. The quantitative estimate of drug-likeness (QED) is 0.841. The lowest BCUT2D eigenvalue weighted by molar-refractivity contribution is 0.482. The van der Waals surface area contributed by atoms with E-state index in [2.05, 4.69) is 78.7 Å². The molecular weight excluding hydrogens is 294 g/mol. The first-order valence-electron chi connectivity index (χ1n) is 8.82. The first-order valence-corrected chi connectivity index (χ1v) is 8.82. The van der Waals surface area contributed by atoms with Crippen LogP contribution in [0, 0.1) is 11.3 Å². The van der Waals surface area contributed by atoms with Crippen LogP contribution < -0.4 is 10.2 Å². The van der Waals surface area contributed by atoms with Crippen molar-refractivity contribution in [1.29, 1.82) is 5.26 Å². The van der Waals surface area contributed by atoms with E-state index in [1.165, 1.54) is 16.9 Å². The standard InChI is InChI=1S/C21H25N3/c1-3-23-14-13-21(16-22)15-17-9-5-7-11-19(17)24(4-2)20-12-8-6-10-18(20)21/h5-12,23H,3-4,13-15H2,1-2H3. The van der Waals surface area contributed by atoms with Gasteiger partial charge in [0.2, 0.25) is 0 Å². The van der Waals surface area contributed by atoms with Gasteiger partial charge in [-0.1, -0.05) is 43.3 Å². The highest BCUT2D eigenvalue weighted by Gasteiger charge is 2.38. The van der Waals surface area contributed by atoms with E-state index < -0.39 is 5.41 Å². The molecule has 3 rings (SSSR count). The topological polar surface area (TPSA) is 39.1 Å². The fraction of sp³-hybridized carbons (Fsp3) is 0.381. The molecule has 0 aromatic heterocycles. The minimum Gasteiger partial charge on any atom is -0.341 e. The molecule has 1 heterocycles. The summed E-state index contributed by atoms with van der Waals surface area (Å²) in [4.78, 5) is 2.34. The number of para-hydroxylation sites is 2. The monoisotopic (exact) mass is 319 g/mol. The third-order valence-corrected chi connectivity index (χ3v) is 4.99. The molecule has 1 unspecified atom stereocenters. The van der Waals surface area contributed by atoms with Crippen LogP contribution in [-0.4, -0.2) is 19.6 Å². The highest BCUT2D eigenvalue weighted by molar-refractivity contribution is 5.73. The zero-order chi connectivity index (χ0) is 17.0. The van der Waals surface area contributed by atoms with Crippen LogP contribution in [0.4, 0.5) is 11.4 Å². The summed E-state index contributed by atoms with van der Waals surface area (Å²) in [6.07, 6.45) is 1.58. The maximum Gasteiger partial charge on any atom is 0.0895 e. The lowest BCUT2D eigenvalue weighted by Crippen LogP contribution is -2.32. The van der Waals surface area contributed by atoms with Gasteiger partial charge in [-0.3, -0.25) is 0 Å². The van der Waals surface area contributed by atoms with Gasteiger partial charge in [-0.2, -0.15) is 5.26 Å². The average Bonchev–Trinajstić information content (AvgIpc) is 2.74. The molecule has 2 aromatic rings. The largest absolute Gasteiger partial charge is 0.341 e. The molecule has 1 aliphatic rings. The van der Waals surface area contributed by atoms with Crippen molar-refractivity contribution in [3.05, 3.63) is 59.7 Å². The number of benzene rings is 2. The van der Waals surface area contributed by atoms with Crippen molar-refractivity contribution in [2.24, 2.45) is 0 Å². The second-order valence-electron chi connectivity index (χ2n) is 6.36. The van der Waals surface area contributed by atoms with E-state index in [0.29, 0.717) is 0 Å². The van der Waals surface area contributed by atoms with Crippen LogP contribution in [0.15, 0.2) is 48.5 Å². The highest BCUT2D eigenvalue weighted by Crippen LogP contribution is 2.45. The summed E-state index contributed by atoms with van der Waals surface area (Å²) in [6, 6.07) is 19.6. The Balaban J connectivity index is 2.18. The Labute approximate surface area is 144 Å². The molecule has 0 bridgehead atoms. The fourth-order valence-electron chi connectivity index (χ4n) is 3.79. The van der Waals surface area contributed by atoms with Crippen molar-refractivity contribution in [3.63, 3.8) is 0 Å². The van der Waals surface area contributed by atoms with Gasteiger partial charge in [-0.05, 0) is 56.1 Å². The van der Waals surface area contributed by atoms with Gasteiger partial charge in [-0.25, -0.2) is 0 Å². The van der Waals surface area contributed by atoms with Gasteiger partial charge in [0.15, 0.2) is 0 Å². The summed E-state index contributed by atoms with van der Waals surface area (Å²) in [5, 5.41) is 13.6. The van der Waals surface area contributed by atoms with E-state index >= 15 is 0 Å². The molecular formula is C21H25N3. The van der Waals surface area contributed by atoms with Gasteiger partial charge in [0.25, 0.3) is 0 Å². The van der Waals surface area contributed by atoms with E-state index in [4.69, 9.17) is 0 Å². The van der Waals surface area contributed by atoms with E-state index in [1.807, 2.05) is 0 Å². The number of hydrogen-bond donors (Lipinski definition) is 1. The van der Waals surface area contributed by atoms with Crippen molar-refractivity contribution in [2.75, 3.05) is 24.5 Å². The number of anilines is 2. The van der Waals surface area contributed by atoms with Crippen LogP contribution in [0.3, 0.4) is 0 Å². The predicted molar refractivity (Wildman–Crippen MR) is 99.7 cm³/mol. The van der Waals surface area contributed by atoms with E-state index in [0.717, 1.165) is 38.0 Å². The Bertz CT molecular complexity index is 747. The Morgan fingerprint density at radius 2 is 1.79 bits per heavy atom. The van der Waals surface area contributed by atoms with Crippen molar-refractivity contribution >= 4 is 11.4 Å². The molecule has 1 atom stereocenters. The molecule has 24 heavy (non-hydrogen) atoms. The third kappa shape index (κ3) is 2.79. The normalized spacial score (nSPS) is 19.1. The summed E-state index contributed by atoms with van der Waals surface area (Å²) in [7, 11) is 0. The fourth-order valence-corrected chi connectivity index (χ4v) is 3.79. The van der Waals surface area contributed by atoms with Crippen LogP contribution >= 0.6 is 0 Å². The van der Waals surface area contributed by atoms with E-state index in [1.54, 1.807) is 0 Å². The SMILES string of the molecule is CCNCCC1(C#N)Cc2ccccc2N(CC)c2ccccc21. The van der Waals surface area contributed by atoms with Crippen LogP contribution in [0.2, 0.25) is 0 Å². The Kier molecular flexibility index (Phi) is 4.87. The molecule has 0 aliphatic carbocycles. The average molecular weight is 319 g/mol. The second-order valence-corrected chi connectivity index (χ2v) is 6.36. The summed E-state index contributed by atoms with van der Waals surface area (Å²) in [5.41, 5.74) is 4.33. The minimum absolute atomic E-state index is 0.487. The molecule has 124 valence electrons. The van der Waals surface area contributed by atoms with E-state index in [-0.39, 0.29) is 0 Å². The molecule has 0 fully saturated rings. The number of nitrogens with zero attached hydrogens (tertiary/aromatic N) is 2. The smallest absolute Gasteiger partial charge is 0.0895 e. The number of nitriles is 1. The first kappa shape index (κ1) is 16.5. The molecule has 2 aromatic carbocycles. The van der Waals surface area contributed by atoms with Gasteiger partial charge in [0, 0.05) is 17.9 Å². The molecule has 3 heteroatoms. The summed E-state index contributed by atoms with van der Waals surface area (Å²) < 4.78 is 0. The molecule has 1 aliphatic heterocycles. The third-order valence-electron chi connectivity index (χ3n) is 4.99. The zero-order valence-corrected chi connectivity index (χ0v) is 14.5. The minimum atomic E-state index is -0.487. The van der Waals surface area contributed by atoms with Crippen LogP contribution in [0.25, 0.3) is 0 Å². The van der Waals surface area contributed by atoms with Gasteiger partial charge in [-0.15, -0.1) is 0 Å². The molecule has 0 saturated carbocycles. The first-order chi connectivity index (χ1) is 11.8. The molecule has 0 radical (unpaired) electrons. The van der Waals surface area contributed by atoms with Crippen molar-refractivity contribution in [1.82, 2.24) is 5.32 Å². The summed E-state index contributed by atoms with van der Waals surface area (Å²) >= 11 is 0. The lowest BCUT2D eigenvalue weighted by atomic mass is 9.74. The van der Waals surface area contributed by atoms with Crippen molar-refractivity contribution in [2.45, 2.75) is 32.1 Å². The molecule has 3 nitrogen and oxygen atoms in total. The number of fused-ring (bicyclic) bond motifs is 2. The van der Waals surface area contributed by atoms with Crippen molar-refractivity contribution < 1.29 is 0 Å². The Morgan fingerprint density at radius 3 is 2.50 bits per heavy atom. The Morgan fingerprint density at radius 1 is 1.08 bits per heavy atom. The molecule has 0 saturated heterocycles. The van der Waals surface area contributed by atoms with Gasteiger partial charge >= 0.3 is 0 Å². The summed E-state index contributed by atoms with van der Waals surface area (Å²) in [6.45, 7) is 6.95. The number of nitrogens with one attached hydrogen (secondary N) is 1. The number of hydrogen-bond acceptors (Lipinski definition) is 3. The highest BCUT2D eigenvalue weighted by atomic mass is 15.1. The van der Waals surface area contributed by atoms with Crippen molar-refractivity contribution in [3.8, 4) is 6.07 Å². The summed E-state index contributed by atoms with van der Waals surface area (Å²) in [5.74, 6) is 0. The molecule has 0 amide bonds. The van der Waals surface area contributed by atoms with E-state index in [9.17, 15) is 5.26 Å². The van der Waals surface area contributed by atoms with Gasteiger partial charge < -0.3 is 10.2 Å².